The van der Waals surface area contributed by atoms with Crippen LogP contribution >= 0.6 is 0 Å². The van der Waals surface area contributed by atoms with Crippen LogP contribution in [0.3, 0.4) is 0 Å². The molecule has 0 fully saturated rings. The van der Waals surface area contributed by atoms with Crippen molar-refractivity contribution in [3.05, 3.63) is 17.7 Å². The summed E-state index contributed by atoms with van der Waals surface area (Å²) in [6, 6.07) is -0.749. The van der Waals surface area contributed by atoms with Gasteiger partial charge in [-0.1, -0.05) is 12.2 Å². The Morgan fingerprint density at radius 2 is 2.18 bits per heavy atom. The lowest BCUT2D eigenvalue weighted by Gasteiger charge is -2.26. The number of hydrogen-bond donors (Lipinski definition) is 0. The molecule has 6 heteroatoms. The number of carbonyl (C=O) groups is 2. The van der Waals surface area contributed by atoms with Gasteiger partial charge in [-0.3, -0.25) is 9.69 Å². The first-order chi connectivity index (χ1) is 7.85. The van der Waals surface area contributed by atoms with Crippen molar-refractivity contribution >= 4 is 18.1 Å². The monoisotopic (exact) mass is 237 g/mol. The molecule has 1 unspecified atom stereocenters. The first-order valence-electron chi connectivity index (χ1n) is 5.22. The minimum Gasteiger partial charge on any atom is -0.444 e. The standard InChI is InChI=1S/C11H15N3O3/c1-11(2,3)17-10(16)14-6-4-5-8(14)9(15)7-13-12/h4-5,7-8H,6H2,1-3H3. The van der Waals surface area contributed by atoms with E-state index >= 15 is 0 Å². The molecule has 0 spiro atoms. The van der Waals surface area contributed by atoms with Gasteiger partial charge in [0.2, 0.25) is 0 Å². The van der Waals surface area contributed by atoms with E-state index in [1.807, 2.05) is 0 Å². The zero-order valence-corrected chi connectivity index (χ0v) is 10.1. The van der Waals surface area contributed by atoms with Crippen molar-refractivity contribution < 1.29 is 19.1 Å². The lowest BCUT2D eigenvalue weighted by Crippen LogP contribution is -2.44. The maximum absolute atomic E-state index is 11.8. The van der Waals surface area contributed by atoms with Crippen LogP contribution in [0, 0.1) is 0 Å². The van der Waals surface area contributed by atoms with Crippen LogP contribution in [0.4, 0.5) is 4.79 Å². The molecule has 0 aromatic heterocycles. The van der Waals surface area contributed by atoms with Gasteiger partial charge in [0.05, 0.1) is 0 Å². The van der Waals surface area contributed by atoms with E-state index < -0.39 is 23.5 Å². The summed E-state index contributed by atoms with van der Waals surface area (Å²) in [6.45, 7) is 5.56. The summed E-state index contributed by atoms with van der Waals surface area (Å²) in [5.41, 5.74) is 7.69. The Balaban J connectivity index is 2.75. The van der Waals surface area contributed by atoms with Gasteiger partial charge in [0, 0.05) is 6.54 Å². The Morgan fingerprint density at radius 1 is 1.53 bits per heavy atom. The number of ether oxygens (including phenoxy) is 1. The summed E-state index contributed by atoms with van der Waals surface area (Å²) in [5, 5.41) is 0. The van der Waals surface area contributed by atoms with E-state index in [0.717, 1.165) is 6.21 Å². The van der Waals surface area contributed by atoms with Crippen molar-refractivity contribution in [1.82, 2.24) is 4.90 Å². The number of Topliss-reactive ketones (excluding diaryl/α,β-unsaturated/α-hetero) is 1. The molecule has 0 aromatic rings. The molecule has 0 radical (unpaired) electrons. The smallest absolute Gasteiger partial charge is 0.411 e. The summed E-state index contributed by atoms with van der Waals surface area (Å²) < 4.78 is 5.17. The SMILES string of the molecule is CC(C)(C)OC(=O)N1CC=CC1C(=O)C=[N+]=[N-]. The minimum absolute atomic E-state index is 0.310. The maximum atomic E-state index is 11.8. The van der Waals surface area contributed by atoms with Gasteiger partial charge in [0.25, 0.3) is 5.78 Å². The molecule has 1 heterocycles. The molecule has 0 N–H and O–H groups in total. The Hall–Kier alpha value is -1.94. The van der Waals surface area contributed by atoms with E-state index in [2.05, 4.69) is 4.79 Å². The fourth-order valence-corrected chi connectivity index (χ4v) is 1.41. The highest BCUT2D eigenvalue weighted by atomic mass is 16.6. The molecule has 6 nitrogen and oxygen atoms in total. The topological polar surface area (TPSA) is 83.0 Å². The molecular formula is C11H15N3O3. The summed E-state index contributed by atoms with van der Waals surface area (Å²) in [5.74, 6) is -0.466. The van der Waals surface area contributed by atoms with Crippen LogP contribution in [0.15, 0.2) is 12.2 Å². The van der Waals surface area contributed by atoms with E-state index in [0.29, 0.717) is 6.54 Å². The first-order valence-corrected chi connectivity index (χ1v) is 5.22. The van der Waals surface area contributed by atoms with Crippen LogP contribution in [0.1, 0.15) is 20.8 Å². The molecule has 0 aromatic carbocycles. The zero-order valence-electron chi connectivity index (χ0n) is 10.1. The van der Waals surface area contributed by atoms with Crippen LogP contribution in [0.2, 0.25) is 0 Å². The average Bonchev–Trinajstić information content (AvgIpc) is 2.63. The second-order valence-corrected chi connectivity index (χ2v) is 4.65. The third-order valence-electron chi connectivity index (χ3n) is 2.06. The molecule has 1 atom stereocenters. The Labute approximate surface area is 99.5 Å². The van der Waals surface area contributed by atoms with Crippen molar-refractivity contribution in [3.63, 3.8) is 0 Å². The van der Waals surface area contributed by atoms with Crippen LogP contribution in [-0.4, -0.2) is 46.0 Å². The molecule has 1 aliphatic rings. The maximum Gasteiger partial charge on any atom is 0.411 e. The van der Waals surface area contributed by atoms with Crippen molar-refractivity contribution in [3.8, 4) is 0 Å². The molecule has 1 rings (SSSR count). The molecule has 92 valence electrons. The zero-order chi connectivity index (χ0) is 13.1. The van der Waals surface area contributed by atoms with Gasteiger partial charge in [-0.05, 0) is 20.8 Å². The van der Waals surface area contributed by atoms with Crippen molar-refractivity contribution in [2.24, 2.45) is 0 Å². The van der Waals surface area contributed by atoms with E-state index in [9.17, 15) is 9.59 Å². The number of amides is 1. The normalized spacial score (nSPS) is 18.8. The van der Waals surface area contributed by atoms with E-state index in [1.54, 1.807) is 32.9 Å². The molecule has 0 aliphatic carbocycles. The molecule has 17 heavy (non-hydrogen) atoms. The number of hydrogen-bond acceptors (Lipinski definition) is 3. The predicted molar refractivity (Wildman–Crippen MR) is 60.6 cm³/mol. The second-order valence-electron chi connectivity index (χ2n) is 4.65. The van der Waals surface area contributed by atoms with Crippen molar-refractivity contribution in [2.45, 2.75) is 32.4 Å². The predicted octanol–water partition coefficient (Wildman–Crippen LogP) is 1.03. The quantitative estimate of drug-likeness (QED) is 0.311. The fraction of sp³-hybridized carbons (Fsp3) is 0.545. The summed E-state index contributed by atoms with van der Waals surface area (Å²) in [6.07, 6.45) is 3.48. The molecule has 1 aliphatic heterocycles. The molecular weight excluding hydrogens is 222 g/mol. The Bertz CT molecular complexity index is 403. The molecule has 0 saturated carbocycles. The summed E-state index contributed by atoms with van der Waals surface area (Å²) in [4.78, 5) is 27.2. The van der Waals surface area contributed by atoms with Crippen LogP contribution in [-0.2, 0) is 9.53 Å². The lowest BCUT2D eigenvalue weighted by molar-refractivity contribution is -0.119. The van der Waals surface area contributed by atoms with Crippen molar-refractivity contribution in [1.29, 1.82) is 0 Å². The van der Waals surface area contributed by atoms with Gasteiger partial charge in [0.15, 0.2) is 0 Å². The first kappa shape index (κ1) is 13.1. The van der Waals surface area contributed by atoms with Crippen LogP contribution < -0.4 is 0 Å². The van der Waals surface area contributed by atoms with Gasteiger partial charge in [-0.25, -0.2) is 4.79 Å². The van der Waals surface area contributed by atoms with E-state index in [4.69, 9.17) is 10.3 Å². The van der Waals surface area contributed by atoms with Crippen molar-refractivity contribution in [2.75, 3.05) is 6.54 Å². The van der Waals surface area contributed by atoms with Crippen LogP contribution in [0.5, 0.6) is 0 Å². The largest absolute Gasteiger partial charge is 0.444 e. The minimum atomic E-state index is -0.749. The van der Waals surface area contributed by atoms with E-state index in [-0.39, 0.29) is 0 Å². The highest BCUT2D eigenvalue weighted by Crippen LogP contribution is 2.16. The van der Waals surface area contributed by atoms with Gasteiger partial charge in [-0.2, -0.15) is 4.79 Å². The van der Waals surface area contributed by atoms with Gasteiger partial charge in [0.1, 0.15) is 11.6 Å². The molecule has 0 saturated heterocycles. The number of nitrogens with zero attached hydrogens (tertiary/aromatic N) is 3. The van der Waals surface area contributed by atoms with Gasteiger partial charge >= 0.3 is 12.3 Å². The summed E-state index contributed by atoms with van der Waals surface area (Å²) in [7, 11) is 0. The number of rotatable bonds is 2. The molecule has 0 bridgehead atoms. The highest BCUT2D eigenvalue weighted by molar-refractivity contribution is 6.28. The second kappa shape index (κ2) is 4.93. The average molecular weight is 237 g/mol. The Kier molecular flexibility index (Phi) is 3.81. The Morgan fingerprint density at radius 3 is 2.71 bits per heavy atom. The number of ketones is 1. The molecule has 1 amide bonds. The lowest BCUT2D eigenvalue weighted by atomic mass is 10.2. The van der Waals surface area contributed by atoms with Gasteiger partial charge < -0.3 is 10.3 Å². The number of carbonyl (C=O) groups excluding carboxylic acids is 2. The van der Waals surface area contributed by atoms with Gasteiger partial charge in [-0.15, -0.1) is 0 Å². The van der Waals surface area contributed by atoms with E-state index in [1.165, 1.54) is 4.90 Å². The third kappa shape index (κ3) is 3.53. The summed E-state index contributed by atoms with van der Waals surface area (Å²) >= 11 is 0. The highest BCUT2D eigenvalue weighted by Gasteiger charge is 2.34. The fourth-order valence-electron chi connectivity index (χ4n) is 1.41. The van der Waals surface area contributed by atoms with Crippen LogP contribution in [0.25, 0.3) is 5.53 Å². The third-order valence-corrected chi connectivity index (χ3v) is 2.06.